The number of amides is 1. The van der Waals surface area contributed by atoms with Gasteiger partial charge in [0.2, 0.25) is 5.91 Å². The van der Waals surface area contributed by atoms with E-state index < -0.39 is 0 Å². The van der Waals surface area contributed by atoms with E-state index in [0.717, 1.165) is 44.5 Å². The molecule has 0 fully saturated rings. The van der Waals surface area contributed by atoms with Crippen molar-refractivity contribution in [3.63, 3.8) is 0 Å². The van der Waals surface area contributed by atoms with Crippen molar-refractivity contribution in [3.8, 4) is 23.1 Å². The number of rotatable bonds is 0. The third kappa shape index (κ3) is 2.36. The zero-order valence-electron chi connectivity index (χ0n) is 13.2. The monoisotopic (exact) mass is 316 g/mol. The van der Waals surface area contributed by atoms with E-state index in [2.05, 4.69) is 34.3 Å². The van der Waals surface area contributed by atoms with E-state index in [-0.39, 0.29) is 12.5 Å². The topological polar surface area (TPSA) is 65.1 Å². The Hall–Kier alpha value is -3.03. The number of benzene rings is 2. The van der Waals surface area contributed by atoms with Crippen LogP contribution in [0.25, 0.3) is 22.2 Å². The Morgan fingerprint density at radius 2 is 2.08 bits per heavy atom. The van der Waals surface area contributed by atoms with Crippen LogP contribution in [-0.2, 0) is 11.2 Å². The minimum Gasteiger partial charge on any atom is -0.384 e. The van der Waals surface area contributed by atoms with Gasteiger partial charge in [-0.2, -0.15) is 0 Å². The zero-order chi connectivity index (χ0) is 16.7. The molecule has 1 amide bonds. The van der Waals surface area contributed by atoms with Crippen molar-refractivity contribution in [2.75, 3.05) is 11.9 Å². The van der Waals surface area contributed by atoms with Crippen LogP contribution in [0.5, 0.6) is 0 Å². The first-order valence-corrected chi connectivity index (χ1v) is 7.81. The maximum Gasteiger partial charge on any atom is 0.228 e. The fourth-order valence-corrected chi connectivity index (χ4v) is 3.21. The highest BCUT2D eigenvalue weighted by molar-refractivity contribution is 6.05. The quantitative estimate of drug-likeness (QED) is 0.558. The van der Waals surface area contributed by atoms with Crippen molar-refractivity contribution in [2.24, 2.45) is 0 Å². The molecule has 1 aromatic heterocycles. The molecule has 1 aliphatic rings. The highest BCUT2D eigenvalue weighted by Gasteiger charge is 2.23. The molecule has 0 unspecified atom stereocenters. The largest absolute Gasteiger partial charge is 0.384 e. The predicted octanol–water partition coefficient (Wildman–Crippen LogP) is 2.98. The Morgan fingerprint density at radius 1 is 1.21 bits per heavy atom. The van der Waals surface area contributed by atoms with Crippen molar-refractivity contribution in [1.29, 1.82) is 0 Å². The van der Waals surface area contributed by atoms with Crippen LogP contribution in [0.2, 0.25) is 0 Å². The molecule has 4 nitrogen and oxygen atoms in total. The van der Waals surface area contributed by atoms with Crippen molar-refractivity contribution in [2.45, 2.75) is 13.3 Å². The predicted molar refractivity (Wildman–Crippen MR) is 94.8 cm³/mol. The minimum absolute atomic E-state index is 0.0217. The number of carbonyl (C=O) groups excluding carboxylic acids is 1. The standard InChI is InChI=1S/C20H16N2O2/c1-12-4-6-17-14(9-12)15-11-19(24)21-18-7-5-13(3-2-8-23)10-16(18)20(15)22-17/h4-7,9-10,22-23H,8,11H2,1H3,(H,21,24). The van der Waals surface area contributed by atoms with E-state index in [1.54, 1.807) is 0 Å². The first-order chi connectivity index (χ1) is 11.7. The van der Waals surface area contributed by atoms with E-state index in [9.17, 15) is 4.79 Å². The molecule has 0 saturated heterocycles. The van der Waals surface area contributed by atoms with Gasteiger partial charge in [0, 0.05) is 22.0 Å². The van der Waals surface area contributed by atoms with E-state index in [4.69, 9.17) is 5.11 Å². The molecule has 0 saturated carbocycles. The second kappa shape index (κ2) is 5.55. The minimum atomic E-state index is -0.176. The van der Waals surface area contributed by atoms with Crippen LogP contribution in [-0.4, -0.2) is 22.6 Å². The molecule has 2 aromatic carbocycles. The van der Waals surface area contributed by atoms with E-state index in [0.29, 0.717) is 6.42 Å². The van der Waals surface area contributed by atoms with E-state index >= 15 is 0 Å². The second-order valence-electron chi connectivity index (χ2n) is 5.97. The number of aromatic amines is 1. The Kier molecular flexibility index (Phi) is 3.37. The van der Waals surface area contributed by atoms with Gasteiger partial charge < -0.3 is 15.4 Å². The van der Waals surface area contributed by atoms with Crippen molar-refractivity contribution < 1.29 is 9.90 Å². The van der Waals surface area contributed by atoms with Gasteiger partial charge in [-0.15, -0.1) is 0 Å². The molecule has 24 heavy (non-hydrogen) atoms. The maximum absolute atomic E-state index is 12.3. The molecule has 0 spiro atoms. The normalized spacial score (nSPS) is 12.7. The first-order valence-electron chi connectivity index (χ1n) is 7.81. The number of carbonyl (C=O) groups is 1. The summed E-state index contributed by atoms with van der Waals surface area (Å²) in [5.74, 6) is 5.56. The number of aliphatic hydroxyl groups is 1. The number of aryl methyl sites for hydroxylation is 1. The third-order valence-electron chi connectivity index (χ3n) is 4.27. The van der Waals surface area contributed by atoms with E-state index in [1.807, 2.05) is 31.2 Å². The molecular weight excluding hydrogens is 300 g/mol. The molecule has 4 heteroatoms. The van der Waals surface area contributed by atoms with Crippen LogP contribution < -0.4 is 5.32 Å². The second-order valence-corrected chi connectivity index (χ2v) is 5.97. The molecule has 0 atom stereocenters. The summed E-state index contributed by atoms with van der Waals surface area (Å²) >= 11 is 0. The van der Waals surface area contributed by atoms with Gasteiger partial charge >= 0.3 is 0 Å². The smallest absolute Gasteiger partial charge is 0.228 e. The van der Waals surface area contributed by atoms with Crippen LogP contribution in [0.15, 0.2) is 36.4 Å². The molecule has 0 bridgehead atoms. The molecule has 0 aliphatic carbocycles. The lowest BCUT2D eigenvalue weighted by Gasteiger charge is -2.07. The molecular formula is C20H16N2O2. The Bertz CT molecular complexity index is 1030. The van der Waals surface area contributed by atoms with Crippen LogP contribution in [0, 0.1) is 18.8 Å². The van der Waals surface area contributed by atoms with Gasteiger partial charge in [-0.05, 0) is 42.8 Å². The van der Waals surface area contributed by atoms with Crippen molar-refractivity contribution in [1.82, 2.24) is 4.98 Å². The summed E-state index contributed by atoms with van der Waals surface area (Å²) in [5.41, 5.74) is 6.66. The van der Waals surface area contributed by atoms with Crippen LogP contribution >= 0.6 is 0 Å². The molecule has 3 aromatic rings. The van der Waals surface area contributed by atoms with Gasteiger partial charge in [0.15, 0.2) is 0 Å². The van der Waals surface area contributed by atoms with E-state index in [1.165, 1.54) is 0 Å². The summed E-state index contributed by atoms with van der Waals surface area (Å²) in [6.45, 7) is 1.87. The van der Waals surface area contributed by atoms with Crippen LogP contribution in [0.4, 0.5) is 5.69 Å². The van der Waals surface area contributed by atoms with Crippen LogP contribution in [0.1, 0.15) is 16.7 Å². The SMILES string of the molecule is Cc1ccc2[nH]c3c(c2c1)CC(=O)Nc1ccc(C#CCO)cc1-3. The molecule has 2 heterocycles. The maximum atomic E-state index is 12.3. The number of hydrogen-bond donors (Lipinski definition) is 3. The summed E-state index contributed by atoms with van der Waals surface area (Å²) in [7, 11) is 0. The number of aliphatic hydroxyl groups excluding tert-OH is 1. The Morgan fingerprint density at radius 3 is 2.92 bits per heavy atom. The van der Waals surface area contributed by atoms with Crippen molar-refractivity contribution in [3.05, 3.63) is 53.1 Å². The number of hydrogen-bond acceptors (Lipinski definition) is 2. The van der Waals surface area contributed by atoms with Crippen LogP contribution in [0.3, 0.4) is 0 Å². The number of fused-ring (bicyclic) bond motifs is 5. The molecule has 0 radical (unpaired) electrons. The van der Waals surface area contributed by atoms with Gasteiger partial charge in [-0.25, -0.2) is 0 Å². The summed E-state index contributed by atoms with van der Waals surface area (Å²) in [4.78, 5) is 15.8. The lowest BCUT2D eigenvalue weighted by atomic mass is 10.0. The lowest BCUT2D eigenvalue weighted by Crippen LogP contribution is -2.12. The fraction of sp³-hybridized carbons (Fsp3) is 0.150. The average molecular weight is 316 g/mol. The zero-order valence-corrected chi connectivity index (χ0v) is 13.2. The van der Waals surface area contributed by atoms with Gasteiger partial charge in [0.1, 0.15) is 6.61 Å². The number of H-pyrrole nitrogens is 1. The molecule has 118 valence electrons. The molecule has 1 aliphatic heterocycles. The summed E-state index contributed by atoms with van der Waals surface area (Å²) < 4.78 is 0. The average Bonchev–Trinajstić information content (AvgIpc) is 2.84. The summed E-state index contributed by atoms with van der Waals surface area (Å²) in [5, 5.41) is 12.9. The summed E-state index contributed by atoms with van der Waals surface area (Å²) in [6, 6.07) is 11.9. The Balaban J connectivity index is 2.00. The number of nitrogens with one attached hydrogen (secondary N) is 2. The van der Waals surface area contributed by atoms with Crippen molar-refractivity contribution >= 4 is 22.5 Å². The highest BCUT2D eigenvalue weighted by Crippen LogP contribution is 2.38. The first kappa shape index (κ1) is 14.6. The van der Waals surface area contributed by atoms with Gasteiger partial charge in [-0.3, -0.25) is 4.79 Å². The highest BCUT2D eigenvalue weighted by atomic mass is 16.2. The lowest BCUT2D eigenvalue weighted by molar-refractivity contribution is -0.115. The molecule has 3 N–H and O–H groups in total. The number of aromatic nitrogens is 1. The third-order valence-corrected chi connectivity index (χ3v) is 4.27. The van der Waals surface area contributed by atoms with Gasteiger partial charge in [0.05, 0.1) is 17.8 Å². The van der Waals surface area contributed by atoms with Gasteiger partial charge in [0.25, 0.3) is 0 Å². The summed E-state index contributed by atoms with van der Waals surface area (Å²) in [6.07, 6.45) is 0.338. The molecule has 4 rings (SSSR count). The van der Waals surface area contributed by atoms with Gasteiger partial charge in [-0.1, -0.05) is 23.5 Å². The fourth-order valence-electron chi connectivity index (χ4n) is 3.21. The number of anilines is 1. The Labute approximate surface area is 139 Å².